The Labute approximate surface area is 163 Å². The second-order valence-electron chi connectivity index (χ2n) is 7.12. The van der Waals surface area contributed by atoms with Crippen LogP contribution in [0.5, 0.6) is 0 Å². The Bertz CT molecular complexity index is 693. The van der Waals surface area contributed by atoms with Gasteiger partial charge in [0, 0.05) is 42.8 Å². The molecule has 7 nitrogen and oxygen atoms in total. The number of carboxylic acids is 1. The number of amides is 3. The molecule has 0 atom stereocenters. The van der Waals surface area contributed by atoms with Crippen molar-refractivity contribution in [3.8, 4) is 0 Å². The molecule has 3 amide bonds. The monoisotopic (exact) mass is 393 g/mol. The summed E-state index contributed by atoms with van der Waals surface area (Å²) in [4.78, 5) is 39.4. The molecule has 8 heteroatoms. The molecular formula is C19H24ClN3O4. The van der Waals surface area contributed by atoms with Gasteiger partial charge in [0.2, 0.25) is 0 Å². The molecule has 0 spiro atoms. The van der Waals surface area contributed by atoms with E-state index in [9.17, 15) is 14.4 Å². The molecular weight excluding hydrogens is 370 g/mol. The summed E-state index contributed by atoms with van der Waals surface area (Å²) in [5.41, 5.74) is 0.590. The first-order valence-corrected chi connectivity index (χ1v) is 9.65. The number of nitrogens with one attached hydrogen (secondary N) is 1. The number of carboxylic acid groups (broad SMARTS) is 1. The number of halogens is 1. The number of carbonyl (C=O) groups excluding carboxylic acids is 2. The number of benzene rings is 1. The van der Waals surface area contributed by atoms with Gasteiger partial charge in [-0.1, -0.05) is 11.6 Å². The van der Waals surface area contributed by atoms with Crippen LogP contribution in [0.1, 0.15) is 36.0 Å². The van der Waals surface area contributed by atoms with Crippen molar-refractivity contribution in [2.24, 2.45) is 5.92 Å². The minimum absolute atomic E-state index is 0.0295. The predicted molar refractivity (Wildman–Crippen MR) is 101 cm³/mol. The second kappa shape index (κ2) is 8.61. The van der Waals surface area contributed by atoms with E-state index in [1.165, 1.54) is 0 Å². The third-order valence-electron chi connectivity index (χ3n) is 5.35. The van der Waals surface area contributed by atoms with Crippen LogP contribution in [-0.4, -0.2) is 65.0 Å². The number of hydrogen-bond donors (Lipinski definition) is 2. The standard InChI is InChI=1S/C19H24ClN3O4/c20-15-5-1-13(2-6-15)17(24)22-9-11-23(12-10-22)19(27)21-16-7-3-14(4-8-16)18(25)26/h1-2,5-6,14,16H,3-4,7-12H2,(H,21,27)(H,25,26). The Morgan fingerprint density at radius 1 is 0.926 bits per heavy atom. The van der Waals surface area contributed by atoms with E-state index in [-0.39, 0.29) is 23.9 Å². The third-order valence-corrected chi connectivity index (χ3v) is 5.60. The van der Waals surface area contributed by atoms with Crippen molar-refractivity contribution < 1.29 is 19.5 Å². The summed E-state index contributed by atoms with van der Waals surface area (Å²) in [6.07, 6.45) is 2.59. The molecule has 1 heterocycles. The number of carbonyl (C=O) groups is 3. The van der Waals surface area contributed by atoms with Crippen molar-refractivity contribution >= 4 is 29.5 Å². The number of rotatable bonds is 3. The van der Waals surface area contributed by atoms with Gasteiger partial charge in [-0.15, -0.1) is 0 Å². The van der Waals surface area contributed by atoms with Gasteiger partial charge in [0.25, 0.3) is 5.91 Å². The number of piperazine rings is 1. The normalized spacial score (nSPS) is 23.0. The number of urea groups is 1. The maximum atomic E-state index is 12.5. The van der Waals surface area contributed by atoms with E-state index in [1.807, 2.05) is 0 Å². The summed E-state index contributed by atoms with van der Waals surface area (Å²) < 4.78 is 0. The van der Waals surface area contributed by atoms with Crippen LogP contribution in [0, 0.1) is 5.92 Å². The van der Waals surface area contributed by atoms with E-state index in [2.05, 4.69) is 5.32 Å². The van der Waals surface area contributed by atoms with Gasteiger partial charge in [0.05, 0.1) is 5.92 Å². The van der Waals surface area contributed by atoms with E-state index in [0.717, 1.165) is 0 Å². The zero-order valence-electron chi connectivity index (χ0n) is 15.1. The maximum absolute atomic E-state index is 12.5. The largest absolute Gasteiger partial charge is 0.481 e. The molecule has 2 N–H and O–H groups in total. The molecule has 146 valence electrons. The van der Waals surface area contributed by atoms with Crippen molar-refractivity contribution in [2.45, 2.75) is 31.7 Å². The van der Waals surface area contributed by atoms with Gasteiger partial charge in [0.15, 0.2) is 0 Å². The predicted octanol–water partition coefficient (Wildman–Crippen LogP) is 2.45. The summed E-state index contributed by atoms with van der Waals surface area (Å²) in [6.45, 7) is 1.94. The highest BCUT2D eigenvalue weighted by Crippen LogP contribution is 2.24. The number of aliphatic carboxylic acids is 1. The van der Waals surface area contributed by atoms with Gasteiger partial charge in [-0.3, -0.25) is 9.59 Å². The summed E-state index contributed by atoms with van der Waals surface area (Å²) in [5.74, 6) is -1.10. The SMILES string of the molecule is O=C(O)C1CCC(NC(=O)N2CCN(C(=O)c3ccc(Cl)cc3)CC2)CC1. The molecule has 1 saturated carbocycles. The van der Waals surface area contributed by atoms with Crippen LogP contribution in [0.25, 0.3) is 0 Å². The minimum Gasteiger partial charge on any atom is -0.481 e. The first-order valence-electron chi connectivity index (χ1n) is 9.27. The quantitative estimate of drug-likeness (QED) is 0.825. The molecule has 27 heavy (non-hydrogen) atoms. The van der Waals surface area contributed by atoms with Gasteiger partial charge in [-0.05, 0) is 49.9 Å². The van der Waals surface area contributed by atoms with Crippen LogP contribution in [0.2, 0.25) is 5.02 Å². The molecule has 0 radical (unpaired) electrons. The lowest BCUT2D eigenvalue weighted by molar-refractivity contribution is -0.142. The highest BCUT2D eigenvalue weighted by Gasteiger charge is 2.29. The van der Waals surface area contributed by atoms with Gasteiger partial charge >= 0.3 is 12.0 Å². The molecule has 1 aromatic carbocycles. The molecule has 3 rings (SSSR count). The van der Waals surface area contributed by atoms with Crippen molar-refractivity contribution in [3.63, 3.8) is 0 Å². The first-order chi connectivity index (χ1) is 12.9. The molecule has 1 saturated heterocycles. The van der Waals surface area contributed by atoms with Crippen LogP contribution in [0.4, 0.5) is 4.79 Å². The van der Waals surface area contributed by atoms with Gasteiger partial charge < -0.3 is 20.2 Å². The lowest BCUT2D eigenvalue weighted by atomic mass is 9.86. The summed E-state index contributed by atoms with van der Waals surface area (Å²) in [6, 6.07) is 6.69. The average Bonchev–Trinajstić information content (AvgIpc) is 2.68. The number of nitrogens with zero attached hydrogens (tertiary/aromatic N) is 2. The molecule has 2 aliphatic rings. The summed E-state index contributed by atoms with van der Waals surface area (Å²) in [7, 11) is 0. The third kappa shape index (κ3) is 4.91. The van der Waals surface area contributed by atoms with Crippen molar-refractivity contribution in [1.82, 2.24) is 15.1 Å². The fourth-order valence-electron chi connectivity index (χ4n) is 3.64. The molecule has 1 aliphatic carbocycles. The Morgan fingerprint density at radius 2 is 1.48 bits per heavy atom. The first kappa shape index (κ1) is 19.5. The molecule has 1 aromatic rings. The van der Waals surface area contributed by atoms with Crippen LogP contribution in [0.3, 0.4) is 0 Å². The smallest absolute Gasteiger partial charge is 0.317 e. The van der Waals surface area contributed by atoms with Crippen LogP contribution in [-0.2, 0) is 4.79 Å². The van der Waals surface area contributed by atoms with E-state index in [1.54, 1.807) is 34.1 Å². The van der Waals surface area contributed by atoms with Crippen LogP contribution >= 0.6 is 11.6 Å². The maximum Gasteiger partial charge on any atom is 0.317 e. The highest BCUT2D eigenvalue weighted by molar-refractivity contribution is 6.30. The second-order valence-corrected chi connectivity index (χ2v) is 7.56. The molecule has 2 fully saturated rings. The molecule has 0 unspecified atom stereocenters. The van der Waals surface area contributed by atoms with Gasteiger partial charge in [-0.25, -0.2) is 4.79 Å². The lowest BCUT2D eigenvalue weighted by Gasteiger charge is -2.36. The Balaban J connectivity index is 1.45. The van der Waals surface area contributed by atoms with Gasteiger partial charge in [-0.2, -0.15) is 0 Å². The number of hydrogen-bond acceptors (Lipinski definition) is 3. The summed E-state index contributed by atoms with van der Waals surface area (Å²) in [5, 5.41) is 12.6. The fraction of sp³-hybridized carbons (Fsp3) is 0.526. The topological polar surface area (TPSA) is 89.9 Å². The summed E-state index contributed by atoms with van der Waals surface area (Å²) >= 11 is 5.85. The van der Waals surface area contributed by atoms with Crippen molar-refractivity contribution in [2.75, 3.05) is 26.2 Å². The minimum atomic E-state index is -0.749. The van der Waals surface area contributed by atoms with E-state index >= 15 is 0 Å². The van der Waals surface area contributed by atoms with Crippen LogP contribution in [0.15, 0.2) is 24.3 Å². The van der Waals surface area contributed by atoms with Crippen molar-refractivity contribution in [1.29, 1.82) is 0 Å². The highest BCUT2D eigenvalue weighted by atomic mass is 35.5. The molecule has 0 aromatic heterocycles. The van der Waals surface area contributed by atoms with Crippen LogP contribution < -0.4 is 5.32 Å². The van der Waals surface area contributed by atoms with E-state index < -0.39 is 5.97 Å². The fourth-order valence-corrected chi connectivity index (χ4v) is 3.76. The molecule has 1 aliphatic heterocycles. The molecule has 0 bridgehead atoms. The van der Waals surface area contributed by atoms with E-state index in [0.29, 0.717) is 62.4 Å². The lowest BCUT2D eigenvalue weighted by Crippen LogP contribution is -2.54. The van der Waals surface area contributed by atoms with Crippen molar-refractivity contribution in [3.05, 3.63) is 34.9 Å². The average molecular weight is 394 g/mol. The zero-order chi connectivity index (χ0) is 19.4. The Hall–Kier alpha value is -2.28. The Morgan fingerprint density at radius 3 is 2.04 bits per heavy atom. The van der Waals surface area contributed by atoms with E-state index in [4.69, 9.17) is 16.7 Å². The zero-order valence-corrected chi connectivity index (χ0v) is 15.8. The Kier molecular flexibility index (Phi) is 6.21. The van der Waals surface area contributed by atoms with Gasteiger partial charge in [0.1, 0.15) is 0 Å².